The van der Waals surface area contributed by atoms with Crippen LogP contribution in [0.25, 0.3) is 17.1 Å². The lowest BCUT2D eigenvalue weighted by Gasteiger charge is -2.30. The molecule has 6 aromatic rings. The van der Waals surface area contributed by atoms with Crippen LogP contribution in [0.1, 0.15) is 125 Å². The highest BCUT2D eigenvalue weighted by atomic mass is 32.2. The summed E-state index contributed by atoms with van der Waals surface area (Å²) in [4.78, 5) is 0. The van der Waals surface area contributed by atoms with Crippen molar-refractivity contribution in [2.45, 2.75) is 153 Å². The first-order valence-electron chi connectivity index (χ1n) is 28.3. The van der Waals surface area contributed by atoms with Crippen LogP contribution < -0.4 is 25.4 Å². The number of anilines is 3. The summed E-state index contributed by atoms with van der Waals surface area (Å²) in [7, 11) is -9.35. The molecule has 0 spiro atoms. The number of aromatic nitrogens is 6. The fourth-order valence-electron chi connectivity index (χ4n) is 10.1. The van der Waals surface area contributed by atoms with Gasteiger partial charge in [0.25, 0.3) is 0 Å². The third-order valence-electron chi connectivity index (χ3n) is 15.4. The van der Waals surface area contributed by atoms with Gasteiger partial charge in [-0.1, -0.05) is 25.1 Å². The Morgan fingerprint density at radius 3 is 1.19 bits per heavy atom. The predicted molar refractivity (Wildman–Crippen MR) is 316 cm³/mol. The summed E-state index contributed by atoms with van der Waals surface area (Å²) in [5.41, 5.74) is 2.06. The maximum absolute atomic E-state index is 13.4. The molecule has 0 aliphatic heterocycles. The normalized spacial score (nSPS) is 20.8. The van der Waals surface area contributed by atoms with E-state index in [4.69, 9.17) is 0 Å². The molecular formula is C58H82F3N11O6S3. The molecule has 3 heterocycles. The first-order valence-corrected chi connectivity index (χ1v) is 33.2. The lowest BCUT2D eigenvalue weighted by Crippen LogP contribution is -2.42. The topological polar surface area (TPSA) is 216 Å². The first kappa shape index (κ1) is 62.8. The summed E-state index contributed by atoms with van der Waals surface area (Å²) in [6.45, 7) is 11.2. The second-order valence-electron chi connectivity index (χ2n) is 22.9. The molecule has 3 aliphatic carbocycles. The third kappa shape index (κ3) is 19.4. The molecule has 0 saturated heterocycles. The van der Waals surface area contributed by atoms with Crippen molar-refractivity contribution in [3.63, 3.8) is 0 Å². The van der Waals surface area contributed by atoms with Crippen LogP contribution in [0.2, 0.25) is 0 Å². The van der Waals surface area contributed by atoms with Gasteiger partial charge in [-0.2, -0.15) is 15.3 Å². The van der Waals surface area contributed by atoms with Crippen molar-refractivity contribution < 1.29 is 38.4 Å². The quantitative estimate of drug-likeness (QED) is 0.0483. The maximum atomic E-state index is 13.4. The van der Waals surface area contributed by atoms with Crippen LogP contribution >= 0.6 is 0 Å². The van der Waals surface area contributed by atoms with E-state index in [2.05, 4.69) is 40.7 Å². The van der Waals surface area contributed by atoms with Gasteiger partial charge in [0, 0.05) is 73.8 Å². The van der Waals surface area contributed by atoms with Gasteiger partial charge in [-0.05, 0) is 190 Å². The predicted octanol–water partition coefficient (Wildman–Crippen LogP) is 10.8. The summed E-state index contributed by atoms with van der Waals surface area (Å²) < 4.78 is 121. The second kappa shape index (κ2) is 28.5. The smallest absolute Gasteiger partial charge is 0.216 e. The standard InChI is InChI=1S/C20H29FN4O2S.C19H27FN4O2S.C19H26FN3O2S/c1-20(2,3)28(26,27)22-14-15-7-9-17(10-8-15)23-19-11-12-25(24-19)18-6-4-5-16(21)13-18;1-14(2)27(25,26)21-13-15-6-8-17(9-7-15)22-19-10-11-24(23-19)18-5-3-4-16(20)12-18;1-2-26(24,25)13-11-15-6-8-17(9-7-15)21-19-10-12-23(22-19)18-5-3-4-16(20)14-18/h4-6,11-13,15,17,22H,7-10,14H2,1-3H3,(H,23,24);3-5,10-12,14-15,17,21H,6-9,13H2,1-2H3,(H,22,23);3-5,10,12,14-15,17H,2,6-9,11,13H2,1H3,(H,21,22). The second-order valence-corrected chi connectivity index (χ2v) is 30.2. The molecule has 9 rings (SSSR count). The zero-order valence-electron chi connectivity index (χ0n) is 47.4. The Morgan fingerprint density at radius 2 is 0.864 bits per heavy atom. The summed E-state index contributed by atoms with van der Waals surface area (Å²) in [6, 6.07) is 25.6. The molecular weight excluding hydrogens is 1100 g/mol. The van der Waals surface area contributed by atoms with Crippen LogP contribution in [0.5, 0.6) is 0 Å². The fourth-order valence-corrected chi connectivity index (χ4v) is 12.7. The number of rotatable bonds is 20. The van der Waals surface area contributed by atoms with E-state index in [1.54, 1.807) is 73.8 Å². The molecule has 81 heavy (non-hydrogen) atoms. The lowest BCUT2D eigenvalue weighted by molar-refractivity contribution is 0.330. The SMILES string of the molecule is CC(C)(C)S(=O)(=O)NCC1CCC(Nc2ccn(-c3cccc(F)c3)n2)CC1.CC(C)S(=O)(=O)NCC1CCC(Nc2ccn(-c3cccc(F)c3)n2)CC1.CCS(=O)(=O)CCC1CCC(Nc2ccn(-c3cccc(F)c3)n2)CC1. The van der Waals surface area contributed by atoms with E-state index in [-0.39, 0.29) is 23.2 Å². The molecule has 23 heteroatoms. The highest BCUT2D eigenvalue weighted by molar-refractivity contribution is 7.91. The van der Waals surface area contributed by atoms with E-state index in [1.807, 2.05) is 55.0 Å². The largest absolute Gasteiger partial charge is 0.366 e. The summed E-state index contributed by atoms with van der Waals surface area (Å²) in [6.07, 6.45) is 18.1. The highest BCUT2D eigenvalue weighted by Crippen LogP contribution is 2.31. The third-order valence-corrected chi connectivity index (χ3v) is 21.1. The van der Waals surface area contributed by atoms with Crippen molar-refractivity contribution in [1.82, 2.24) is 38.8 Å². The number of nitrogens with zero attached hydrogens (tertiary/aromatic N) is 6. The van der Waals surface area contributed by atoms with Gasteiger partial charge in [-0.15, -0.1) is 0 Å². The maximum Gasteiger partial charge on any atom is 0.216 e. The van der Waals surface area contributed by atoms with Crippen LogP contribution in [-0.4, -0.2) is 107 Å². The van der Waals surface area contributed by atoms with Crippen molar-refractivity contribution in [2.75, 3.05) is 40.5 Å². The minimum Gasteiger partial charge on any atom is -0.366 e. The molecule has 3 aliphatic rings. The fraction of sp³-hybridized carbons (Fsp3) is 0.534. The molecule has 0 unspecified atom stereocenters. The van der Waals surface area contributed by atoms with Crippen molar-refractivity contribution in [3.05, 3.63) is 127 Å². The highest BCUT2D eigenvalue weighted by Gasteiger charge is 2.31. The molecule has 3 aromatic heterocycles. The molecule has 3 fully saturated rings. The van der Waals surface area contributed by atoms with E-state index in [1.165, 1.54) is 36.4 Å². The van der Waals surface area contributed by atoms with Crippen molar-refractivity contribution in [3.8, 4) is 17.1 Å². The zero-order valence-corrected chi connectivity index (χ0v) is 49.9. The molecule has 0 amide bonds. The number of hydrogen-bond acceptors (Lipinski definition) is 12. The van der Waals surface area contributed by atoms with E-state index < -0.39 is 39.9 Å². The lowest BCUT2D eigenvalue weighted by atomic mass is 9.84. The molecule has 5 N–H and O–H groups in total. The number of benzene rings is 3. The van der Waals surface area contributed by atoms with Crippen LogP contribution in [0.15, 0.2) is 110 Å². The zero-order chi connectivity index (χ0) is 58.4. The average Bonchev–Trinajstić information content (AvgIpc) is 4.35. The summed E-state index contributed by atoms with van der Waals surface area (Å²) in [5, 5.41) is 23.3. The van der Waals surface area contributed by atoms with Crippen LogP contribution in [0, 0.1) is 35.2 Å². The molecule has 444 valence electrons. The van der Waals surface area contributed by atoms with Crippen molar-refractivity contribution in [1.29, 1.82) is 0 Å². The number of halogens is 3. The van der Waals surface area contributed by atoms with Crippen LogP contribution in [-0.2, 0) is 29.9 Å². The van der Waals surface area contributed by atoms with E-state index in [0.29, 0.717) is 71.8 Å². The number of nitrogens with one attached hydrogen (secondary N) is 5. The van der Waals surface area contributed by atoms with E-state index >= 15 is 0 Å². The molecule has 0 bridgehead atoms. The van der Waals surface area contributed by atoms with Crippen molar-refractivity contribution in [2.24, 2.45) is 17.8 Å². The van der Waals surface area contributed by atoms with Crippen LogP contribution in [0.4, 0.5) is 30.6 Å². The molecule has 0 radical (unpaired) electrons. The van der Waals surface area contributed by atoms with Gasteiger partial charge in [0.1, 0.15) is 44.7 Å². The minimum atomic E-state index is -3.29. The summed E-state index contributed by atoms with van der Waals surface area (Å²) in [5.74, 6) is 3.24. The molecule has 17 nitrogen and oxygen atoms in total. The average molecular weight is 1180 g/mol. The van der Waals surface area contributed by atoms with Gasteiger partial charge in [0.2, 0.25) is 20.0 Å². The van der Waals surface area contributed by atoms with E-state index in [0.717, 1.165) is 101 Å². The Hall–Kier alpha value is -5.75. The van der Waals surface area contributed by atoms with E-state index in [9.17, 15) is 38.4 Å². The molecule has 3 saturated carbocycles. The van der Waals surface area contributed by atoms with Gasteiger partial charge in [-0.3, -0.25) is 0 Å². The van der Waals surface area contributed by atoms with Gasteiger partial charge in [0.05, 0.1) is 32.8 Å². The summed E-state index contributed by atoms with van der Waals surface area (Å²) >= 11 is 0. The van der Waals surface area contributed by atoms with Gasteiger partial charge in [-0.25, -0.2) is 61.9 Å². The number of sulfonamides is 2. The number of sulfone groups is 1. The molecule has 3 aromatic carbocycles. The monoisotopic (exact) mass is 1180 g/mol. The van der Waals surface area contributed by atoms with Gasteiger partial charge < -0.3 is 16.0 Å². The minimum absolute atomic E-state index is 0.234. The first-order chi connectivity index (χ1) is 38.4. The van der Waals surface area contributed by atoms with Gasteiger partial charge >= 0.3 is 0 Å². The Kier molecular flexibility index (Phi) is 22.1. The molecule has 0 atom stereocenters. The van der Waals surface area contributed by atoms with Crippen molar-refractivity contribution >= 4 is 47.3 Å². The van der Waals surface area contributed by atoms with Crippen LogP contribution in [0.3, 0.4) is 0 Å². The Balaban J connectivity index is 0.000000175. The Morgan fingerprint density at radius 1 is 0.519 bits per heavy atom. The Bertz CT molecular complexity index is 3270. The van der Waals surface area contributed by atoms with Gasteiger partial charge in [0.15, 0.2) is 0 Å². The number of hydrogen-bond donors (Lipinski definition) is 5. The Labute approximate surface area is 477 Å².